The number of carbonyl (C=O) groups is 1. The fraction of sp³-hybridized carbons (Fsp3) is 0.417. The van der Waals surface area contributed by atoms with Gasteiger partial charge < -0.3 is 14.6 Å². The molecule has 0 saturated heterocycles. The Bertz CT molecular complexity index is 890. The van der Waals surface area contributed by atoms with E-state index >= 15 is 0 Å². The zero-order valence-corrected chi connectivity index (χ0v) is 17.3. The molecular weight excluding hydrogens is 362 g/mol. The lowest BCUT2D eigenvalue weighted by Gasteiger charge is -2.09. The minimum absolute atomic E-state index is 0.134. The van der Waals surface area contributed by atoms with E-state index in [9.17, 15) is 4.79 Å². The predicted octanol–water partition coefficient (Wildman–Crippen LogP) is 4.14. The SMILES string of the molecule is COCCn1c(CCCCCNC(=O)CCc2ccccc2)nc2ccccc21. The molecule has 0 fully saturated rings. The average molecular weight is 394 g/mol. The number of rotatable bonds is 12. The van der Waals surface area contributed by atoms with Gasteiger partial charge in [0.2, 0.25) is 5.91 Å². The van der Waals surface area contributed by atoms with Crippen molar-refractivity contribution in [2.45, 2.75) is 45.1 Å². The lowest BCUT2D eigenvalue weighted by atomic mass is 10.1. The fourth-order valence-corrected chi connectivity index (χ4v) is 3.55. The number of unbranched alkanes of at least 4 members (excludes halogenated alkanes) is 2. The summed E-state index contributed by atoms with van der Waals surface area (Å²) in [6.45, 7) is 2.25. The second-order valence-corrected chi connectivity index (χ2v) is 7.31. The Labute approximate surface area is 173 Å². The van der Waals surface area contributed by atoms with E-state index in [-0.39, 0.29) is 5.91 Å². The van der Waals surface area contributed by atoms with Gasteiger partial charge in [0.15, 0.2) is 0 Å². The summed E-state index contributed by atoms with van der Waals surface area (Å²) < 4.78 is 7.53. The first-order valence-electron chi connectivity index (χ1n) is 10.5. The maximum Gasteiger partial charge on any atom is 0.220 e. The van der Waals surface area contributed by atoms with Gasteiger partial charge in [0.1, 0.15) is 5.82 Å². The first-order chi connectivity index (χ1) is 14.3. The highest BCUT2D eigenvalue weighted by molar-refractivity contribution is 5.76. The van der Waals surface area contributed by atoms with Crippen molar-refractivity contribution in [3.05, 3.63) is 66.0 Å². The molecule has 5 nitrogen and oxygen atoms in total. The van der Waals surface area contributed by atoms with Gasteiger partial charge in [-0.15, -0.1) is 0 Å². The van der Waals surface area contributed by atoms with Crippen molar-refractivity contribution < 1.29 is 9.53 Å². The van der Waals surface area contributed by atoms with Crippen LogP contribution in [0.3, 0.4) is 0 Å². The number of nitrogens with one attached hydrogen (secondary N) is 1. The van der Waals surface area contributed by atoms with Gasteiger partial charge in [0.25, 0.3) is 0 Å². The Hall–Kier alpha value is -2.66. The number of hydrogen-bond donors (Lipinski definition) is 1. The maximum absolute atomic E-state index is 12.0. The molecule has 1 heterocycles. The summed E-state index contributed by atoms with van der Waals surface area (Å²) in [6.07, 6.45) is 5.43. The molecule has 0 saturated carbocycles. The summed E-state index contributed by atoms with van der Waals surface area (Å²) in [7, 11) is 1.73. The minimum Gasteiger partial charge on any atom is -0.383 e. The van der Waals surface area contributed by atoms with Crippen LogP contribution in [0, 0.1) is 0 Å². The predicted molar refractivity (Wildman–Crippen MR) is 117 cm³/mol. The zero-order chi connectivity index (χ0) is 20.3. The van der Waals surface area contributed by atoms with Gasteiger partial charge in [-0.1, -0.05) is 48.9 Å². The van der Waals surface area contributed by atoms with Crippen LogP contribution in [-0.2, 0) is 28.9 Å². The highest BCUT2D eigenvalue weighted by Crippen LogP contribution is 2.17. The van der Waals surface area contributed by atoms with Crippen molar-refractivity contribution in [3.63, 3.8) is 0 Å². The zero-order valence-electron chi connectivity index (χ0n) is 17.3. The molecule has 29 heavy (non-hydrogen) atoms. The van der Waals surface area contributed by atoms with Crippen LogP contribution in [-0.4, -0.2) is 35.7 Å². The molecule has 0 aliphatic carbocycles. The standard InChI is InChI=1S/C24H31N3O2/c1-29-19-18-27-22-13-8-7-12-21(22)26-23(27)14-6-3-9-17-25-24(28)16-15-20-10-4-2-5-11-20/h2,4-5,7-8,10-13H,3,6,9,14-19H2,1H3,(H,25,28). The van der Waals surface area contributed by atoms with Gasteiger partial charge >= 0.3 is 0 Å². The van der Waals surface area contributed by atoms with E-state index in [4.69, 9.17) is 9.72 Å². The molecule has 0 bridgehead atoms. The minimum atomic E-state index is 0.134. The van der Waals surface area contributed by atoms with E-state index in [1.165, 1.54) is 11.1 Å². The fourth-order valence-electron chi connectivity index (χ4n) is 3.55. The van der Waals surface area contributed by atoms with Crippen LogP contribution in [0.4, 0.5) is 0 Å². The van der Waals surface area contributed by atoms with Crippen LogP contribution in [0.25, 0.3) is 11.0 Å². The summed E-state index contributed by atoms with van der Waals surface area (Å²) in [4.78, 5) is 16.8. The van der Waals surface area contributed by atoms with Crippen LogP contribution in [0.2, 0.25) is 0 Å². The van der Waals surface area contributed by atoms with Crippen LogP contribution >= 0.6 is 0 Å². The molecule has 3 aromatic rings. The molecule has 154 valence electrons. The van der Waals surface area contributed by atoms with Gasteiger partial charge in [-0.25, -0.2) is 4.98 Å². The molecule has 0 atom stereocenters. The molecule has 1 amide bonds. The highest BCUT2D eigenvalue weighted by Gasteiger charge is 2.10. The number of methoxy groups -OCH3 is 1. The molecule has 0 spiro atoms. The van der Waals surface area contributed by atoms with E-state index in [1.807, 2.05) is 24.3 Å². The van der Waals surface area contributed by atoms with Gasteiger partial charge in [0.05, 0.1) is 17.6 Å². The summed E-state index contributed by atoms with van der Waals surface area (Å²) in [5, 5.41) is 3.04. The molecule has 0 aliphatic rings. The van der Waals surface area contributed by atoms with Crippen LogP contribution in [0.15, 0.2) is 54.6 Å². The van der Waals surface area contributed by atoms with Crippen molar-refractivity contribution in [1.82, 2.24) is 14.9 Å². The van der Waals surface area contributed by atoms with Gasteiger partial charge in [0, 0.05) is 33.0 Å². The molecular formula is C24H31N3O2. The van der Waals surface area contributed by atoms with Crippen molar-refractivity contribution in [2.24, 2.45) is 0 Å². The number of hydrogen-bond acceptors (Lipinski definition) is 3. The van der Waals surface area contributed by atoms with Crippen LogP contribution in [0.1, 0.15) is 37.1 Å². The third kappa shape index (κ3) is 6.43. The largest absolute Gasteiger partial charge is 0.383 e. The Morgan fingerprint density at radius 1 is 1.00 bits per heavy atom. The highest BCUT2D eigenvalue weighted by atomic mass is 16.5. The smallest absolute Gasteiger partial charge is 0.220 e. The van der Waals surface area contributed by atoms with Crippen LogP contribution < -0.4 is 5.32 Å². The molecule has 1 aromatic heterocycles. The van der Waals surface area contributed by atoms with Crippen molar-refractivity contribution >= 4 is 16.9 Å². The second-order valence-electron chi connectivity index (χ2n) is 7.31. The number of aryl methyl sites for hydroxylation is 2. The van der Waals surface area contributed by atoms with E-state index < -0.39 is 0 Å². The number of nitrogens with zero attached hydrogens (tertiary/aromatic N) is 2. The Morgan fingerprint density at radius 2 is 1.79 bits per heavy atom. The van der Waals surface area contributed by atoms with E-state index in [0.29, 0.717) is 13.0 Å². The normalized spacial score (nSPS) is 11.1. The number of carbonyl (C=O) groups excluding carboxylic acids is 1. The molecule has 0 aliphatic heterocycles. The lowest BCUT2D eigenvalue weighted by molar-refractivity contribution is -0.121. The van der Waals surface area contributed by atoms with Gasteiger partial charge in [-0.2, -0.15) is 0 Å². The number of fused-ring (bicyclic) bond motifs is 1. The van der Waals surface area contributed by atoms with E-state index in [1.54, 1.807) is 7.11 Å². The monoisotopic (exact) mass is 393 g/mol. The number of benzene rings is 2. The second kappa shape index (κ2) is 11.4. The third-order valence-corrected chi connectivity index (χ3v) is 5.14. The third-order valence-electron chi connectivity index (χ3n) is 5.14. The summed E-state index contributed by atoms with van der Waals surface area (Å²) >= 11 is 0. The molecule has 2 aromatic carbocycles. The first kappa shape index (κ1) is 21.1. The van der Waals surface area contributed by atoms with Crippen molar-refractivity contribution in [3.8, 4) is 0 Å². The Kier molecular flexibility index (Phi) is 8.25. The van der Waals surface area contributed by atoms with Crippen molar-refractivity contribution in [1.29, 1.82) is 0 Å². The van der Waals surface area contributed by atoms with E-state index in [0.717, 1.165) is 56.5 Å². The van der Waals surface area contributed by atoms with Crippen LogP contribution in [0.5, 0.6) is 0 Å². The first-order valence-corrected chi connectivity index (χ1v) is 10.5. The molecule has 0 radical (unpaired) electrons. The molecule has 3 rings (SSSR count). The summed E-state index contributed by atoms with van der Waals surface area (Å²) in [5.41, 5.74) is 3.42. The maximum atomic E-state index is 12.0. The quantitative estimate of drug-likeness (QED) is 0.471. The Balaban J connectivity index is 1.36. The number of amides is 1. The average Bonchev–Trinajstić information content (AvgIpc) is 3.11. The summed E-state index contributed by atoms with van der Waals surface area (Å²) in [6, 6.07) is 18.4. The molecule has 5 heteroatoms. The topological polar surface area (TPSA) is 56.1 Å². The van der Waals surface area contributed by atoms with Crippen molar-refractivity contribution in [2.75, 3.05) is 20.3 Å². The lowest BCUT2D eigenvalue weighted by Crippen LogP contribution is -2.24. The number of aromatic nitrogens is 2. The van der Waals surface area contributed by atoms with Gasteiger partial charge in [-0.3, -0.25) is 4.79 Å². The van der Waals surface area contributed by atoms with Gasteiger partial charge in [-0.05, 0) is 37.0 Å². The number of ether oxygens (including phenoxy) is 1. The van der Waals surface area contributed by atoms with E-state index in [2.05, 4.69) is 40.2 Å². The summed E-state index contributed by atoms with van der Waals surface area (Å²) in [5.74, 6) is 1.25. The number of imidazole rings is 1. The molecule has 1 N–H and O–H groups in total. The Morgan fingerprint density at radius 3 is 2.62 bits per heavy atom. The number of para-hydroxylation sites is 2. The molecule has 0 unspecified atom stereocenters.